The summed E-state index contributed by atoms with van der Waals surface area (Å²) in [6.07, 6.45) is 2.28. The molecule has 2 fully saturated rings. The van der Waals surface area contributed by atoms with Crippen molar-refractivity contribution < 1.29 is 18.8 Å². The number of piperidine rings is 2. The minimum atomic E-state index is -0.664. The lowest BCUT2D eigenvalue weighted by Crippen LogP contribution is -2.52. The molecule has 0 radical (unpaired) electrons. The molecule has 1 atom stereocenters. The lowest BCUT2D eigenvalue weighted by molar-refractivity contribution is -0.136. The summed E-state index contributed by atoms with van der Waals surface area (Å²) < 4.78 is 14.6. The lowest BCUT2D eigenvalue weighted by Gasteiger charge is -2.29. The van der Waals surface area contributed by atoms with E-state index < -0.39 is 11.9 Å². The van der Waals surface area contributed by atoms with Crippen molar-refractivity contribution in [3.05, 3.63) is 34.6 Å². The Balaban J connectivity index is 1.60. The first kappa shape index (κ1) is 16.2. The Morgan fingerprint density at radius 3 is 2.56 bits per heavy atom. The first-order chi connectivity index (χ1) is 12.0. The third kappa shape index (κ3) is 2.82. The highest BCUT2D eigenvalue weighted by molar-refractivity contribution is 6.05. The van der Waals surface area contributed by atoms with Crippen molar-refractivity contribution in [2.45, 2.75) is 44.2 Å². The number of hydrogen-bond donors (Lipinski definition) is 2. The zero-order valence-corrected chi connectivity index (χ0v) is 13.8. The second-order valence-corrected chi connectivity index (χ2v) is 6.96. The van der Waals surface area contributed by atoms with Crippen LogP contribution in [0.2, 0.25) is 0 Å². The molecular formula is C18H20FN3O3. The molecule has 7 heteroatoms. The van der Waals surface area contributed by atoms with Gasteiger partial charge in [0.2, 0.25) is 11.8 Å². The number of nitrogens with one attached hydrogen (secondary N) is 2. The third-order valence-corrected chi connectivity index (χ3v) is 5.42. The van der Waals surface area contributed by atoms with E-state index in [9.17, 15) is 18.8 Å². The van der Waals surface area contributed by atoms with Crippen LogP contribution in [-0.2, 0) is 16.1 Å². The predicted molar refractivity (Wildman–Crippen MR) is 87.3 cm³/mol. The number of halogens is 1. The zero-order chi connectivity index (χ0) is 17.6. The van der Waals surface area contributed by atoms with Gasteiger partial charge in [0.1, 0.15) is 11.9 Å². The van der Waals surface area contributed by atoms with Gasteiger partial charge in [-0.25, -0.2) is 4.39 Å². The van der Waals surface area contributed by atoms with Crippen molar-refractivity contribution in [1.29, 1.82) is 0 Å². The van der Waals surface area contributed by atoms with Crippen LogP contribution >= 0.6 is 0 Å². The molecule has 3 heterocycles. The van der Waals surface area contributed by atoms with E-state index in [0.29, 0.717) is 24.1 Å². The molecule has 25 heavy (non-hydrogen) atoms. The molecule has 0 bridgehead atoms. The normalized spacial score (nSPS) is 24.4. The summed E-state index contributed by atoms with van der Waals surface area (Å²) in [5.74, 6) is -1.28. The van der Waals surface area contributed by atoms with Crippen molar-refractivity contribution in [1.82, 2.24) is 15.5 Å². The number of fused-ring (bicyclic) bond motifs is 1. The van der Waals surface area contributed by atoms with Crippen LogP contribution in [0.1, 0.15) is 53.1 Å². The maximum Gasteiger partial charge on any atom is 0.255 e. The standard InChI is InChI=1S/C18H20FN3O3/c19-14-8-13-11(7-12(14)10-3-5-20-6-4-10)9-22(18(13)25)15-1-2-16(23)21-17(15)24/h7-8,10,15,20H,1-6,9H2,(H,21,23,24). The number of amides is 3. The average Bonchev–Trinajstić information content (AvgIpc) is 2.91. The molecular weight excluding hydrogens is 325 g/mol. The molecule has 3 amide bonds. The van der Waals surface area contributed by atoms with Gasteiger partial charge in [-0.1, -0.05) is 6.07 Å². The zero-order valence-electron chi connectivity index (χ0n) is 13.8. The Hall–Kier alpha value is -2.28. The summed E-state index contributed by atoms with van der Waals surface area (Å²) in [7, 11) is 0. The van der Waals surface area contributed by atoms with E-state index in [2.05, 4.69) is 10.6 Å². The number of hydrogen-bond acceptors (Lipinski definition) is 4. The Bertz CT molecular complexity index is 758. The molecule has 3 aliphatic heterocycles. The molecule has 6 nitrogen and oxygen atoms in total. The number of carbonyl (C=O) groups is 3. The first-order valence-corrected chi connectivity index (χ1v) is 8.72. The smallest absolute Gasteiger partial charge is 0.255 e. The fourth-order valence-corrected chi connectivity index (χ4v) is 4.05. The van der Waals surface area contributed by atoms with Gasteiger partial charge in [0, 0.05) is 18.5 Å². The average molecular weight is 345 g/mol. The van der Waals surface area contributed by atoms with Crippen LogP contribution in [0.15, 0.2) is 12.1 Å². The molecule has 1 unspecified atom stereocenters. The largest absolute Gasteiger partial charge is 0.322 e. The topological polar surface area (TPSA) is 78.5 Å². The number of carbonyl (C=O) groups excluding carboxylic acids is 3. The minimum absolute atomic E-state index is 0.159. The van der Waals surface area contributed by atoms with Crippen molar-refractivity contribution >= 4 is 17.7 Å². The SMILES string of the molecule is O=C1CCC(N2Cc3cc(C4CCNCC4)c(F)cc3C2=O)C(=O)N1. The molecule has 3 aliphatic rings. The van der Waals surface area contributed by atoms with Gasteiger partial charge in [-0.3, -0.25) is 19.7 Å². The molecule has 0 aromatic heterocycles. The predicted octanol–water partition coefficient (Wildman–Crippen LogP) is 1.05. The number of rotatable bonds is 2. The van der Waals surface area contributed by atoms with Gasteiger partial charge in [-0.15, -0.1) is 0 Å². The van der Waals surface area contributed by atoms with Crippen LogP contribution < -0.4 is 10.6 Å². The molecule has 0 aliphatic carbocycles. The van der Waals surface area contributed by atoms with Gasteiger partial charge in [-0.2, -0.15) is 0 Å². The summed E-state index contributed by atoms with van der Waals surface area (Å²) in [6.45, 7) is 2.02. The third-order valence-electron chi connectivity index (χ3n) is 5.42. The summed E-state index contributed by atoms with van der Waals surface area (Å²) >= 11 is 0. The highest BCUT2D eigenvalue weighted by atomic mass is 19.1. The van der Waals surface area contributed by atoms with Gasteiger partial charge in [0.05, 0.1) is 0 Å². The molecule has 2 saturated heterocycles. The van der Waals surface area contributed by atoms with Crippen molar-refractivity contribution in [3.63, 3.8) is 0 Å². The second kappa shape index (κ2) is 6.22. The van der Waals surface area contributed by atoms with E-state index in [1.807, 2.05) is 0 Å². The van der Waals surface area contributed by atoms with Crippen molar-refractivity contribution in [2.24, 2.45) is 0 Å². The molecule has 0 spiro atoms. The van der Waals surface area contributed by atoms with Crippen molar-refractivity contribution in [2.75, 3.05) is 13.1 Å². The Kier molecular flexibility index (Phi) is 4.03. The lowest BCUT2D eigenvalue weighted by atomic mass is 9.88. The van der Waals surface area contributed by atoms with Crippen molar-refractivity contribution in [3.8, 4) is 0 Å². The van der Waals surface area contributed by atoms with E-state index in [-0.39, 0.29) is 30.0 Å². The van der Waals surface area contributed by atoms with Crippen LogP contribution in [0.3, 0.4) is 0 Å². The molecule has 2 N–H and O–H groups in total. The van der Waals surface area contributed by atoms with Gasteiger partial charge < -0.3 is 10.2 Å². The van der Waals surface area contributed by atoms with Gasteiger partial charge in [-0.05, 0) is 55.5 Å². The Morgan fingerprint density at radius 1 is 1.08 bits per heavy atom. The van der Waals surface area contributed by atoms with E-state index in [0.717, 1.165) is 31.5 Å². The summed E-state index contributed by atoms with van der Waals surface area (Å²) in [5, 5.41) is 5.54. The fraction of sp³-hybridized carbons (Fsp3) is 0.500. The van der Waals surface area contributed by atoms with E-state index in [1.54, 1.807) is 6.07 Å². The Labute approximate surface area is 144 Å². The number of imide groups is 1. The minimum Gasteiger partial charge on any atom is -0.322 e. The molecule has 1 aromatic rings. The highest BCUT2D eigenvalue weighted by Crippen LogP contribution is 2.34. The first-order valence-electron chi connectivity index (χ1n) is 8.72. The van der Waals surface area contributed by atoms with Gasteiger partial charge in [0.15, 0.2) is 0 Å². The fourth-order valence-electron chi connectivity index (χ4n) is 4.05. The van der Waals surface area contributed by atoms with E-state index in [1.165, 1.54) is 11.0 Å². The van der Waals surface area contributed by atoms with E-state index in [4.69, 9.17) is 0 Å². The highest BCUT2D eigenvalue weighted by Gasteiger charge is 2.39. The van der Waals surface area contributed by atoms with Crippen LogP contribution in [-0.4, -0.2) is 41.8 Å². The summed E-state index contributed by atoms with van der Waals surface area (Å²) in [4.78, 5) is 37.5. The molecule has 4 rings (SSSR count). The molecule has 1 aromatic carbocycles. The number of benzene rings is 1. The maximum atomic E-state index is 14.6. The van der Waals surface area contributed by atoms with Gasteiger partial charge >= 0.3 is 0 Å². The molecule has 132 valence electrons. The number of nitrogens with zero attached hydrogens (tertiary/aromatic N) is 1. The molecule has 0 saturated carbocycles. The summed E-state index contributed by atoms with van der Waals surface area (Å²) in [5.41, 5.74) is 1.77. The van der Waals surface area contributed by atoms with Crippen LogP contribution in [0, 0.1) is 5.82 Å². The van der Waals surface area contributed by atoms with Crippen LogP contribution in [0.5, 0.6) is 0 Å². The quantitative estimate of drug-likeness (QED) is 0.786. The van der Waals surface area contributed by atoms with Crippen LogP contribution in [0.25, 0.3) is 0 Å². The van der Waals surface area contributed by atoms with Gasteiger partial charge in [0.25, 0.3) is 5.91 Å². The monoisotopic (exact) mass is 345 g/mol. The van der Waals surface area contributed by atoms with E-state index >= 15 is 0 Å². The maximum absolute atomic E-state index is 14.6. The summed E-state index contributed by atoms with van der Waals surface area (Å²) in [6, 6.07) is 2.45. The van der Waals surface area contributed by atoms with Crippen LogP contribution in [0.4, 0.5) is 4.39 Å². The Morgan fingerprint density at radius 2 is 1.84 bits per heavy atom. The second-order valence-electron chi connectivity index (χ2n) is 6.96.